The third-order valence-electron chi connectivity index (χ3n) is 3.35. The summed E-state index contributed by atoms with van der Waals surface area (Å²) in [5.41, 5.74) is 0.259. The number of aliphatic hydroxyl groups is 1. The fourth-order valence-electron chi connectivity index (χ4n) is 2.14. The predicted molar refractivity (Wildman–Crippen MR) is 75.6 cm³/mol. The van der Waals surface area contributed by atoms with E-state index in [9.17, 15) is 13.2 Å². The Kier molecular flexibility index (Phi) is 4.36. The maximum Gasteiger partial charge on any atom is 0.251 e. The SMILES string of the molecule is CS(=O)(=O)c1cc(C(=O)NCC2CC(O)C2)ccc1Cl. The van der Waals surface area contributed by atoms with Gasteiger partial charge in [-0.1, -0.05) is 11.6 Å². The monoisotopic (exact) mass is 317 g/mol. The quantitative estimate of drug-likeness (QED) is 0.875. The van der Waals surface area contributed by atoms with Crippen LogP contribution in [-0.2, 0) is 9.84 Å². The minimum absolute atomic E-state index is 0.0501. The van der Waals surface area contributed by atoms with E-state index in [0.717, 1.165) is 6.26 Å². The Hall–Kier alpha value is -1.11. The van der Waals surface area contributed by atoms with Gasteiger partial charge in [0.2, 0.25) is 0 Å². The molecule has 0 spiro atoms. The fourth-order valence-corrected chi connectivity index (χ4v) is 3.44. The van der Waals surface area contributed by atoms with Crippen LogP contribution in [0.1, 0.15) is 23.2 Å². The minimum atomic E-state index is -3.47. The molecule has 0 saturated heterocycles. The Balaban J connectivity index is 2.07. The van der Waals surface area contributed by atoms with Crippen LogP contribution in [0.15, 0.2) is 23.1 Å². The van der Waals surface area contributed by atoms with E-state index in [1.165, 1.54) is 18.2 Å². The van der Waals surface area contributed by atoms with Crippen LogP contribution in [0.4, 0.5) is 0 Å². The molecule has 2 rings (SSSR count). The number of carbonyl (C=O) groups is 1. The van der Waals surface area contributed by atoms with Crippen molar-refractivity contribution in [2.75, 3.05) is 12.8 Å². The van der Waals surface area contributed by atoms with E-state index < -0.39 is 9.84 Å². The van der Waals surface area contributed by atoms with E-state index in [1.807, 2.05) is 0 Å². The zero-order valence-corrected chi connectivity index (χ0v) is 12.5. The highest BCUT2D eigenvalue weighted by Gasteiger charge is 2.27. The van der Waals surface area contributed by atoms with Crippen LogP contribution in [-0.4, -0.2) is 38.3 Å². The van der Waals surface area contributed by atoms with Crippen LogP contribution in [0.3, 0.4) is 0 Å². The van der Waals surface area contributed by atoms with Gasteiger partial charge >= 0.3 is 0 Å². The first-order valence-electron chi connectivity index (χ1n) is 6.23. The van der Waals surface area contributed by atoms with Crippen LogP contribution in [0.25, 0.3) is 0 Å². The Morgan fingerprint density at radius 2 is 2.10 bits per heavy atom. The molecule has 1 aliphatic carbocycles. The summed E-state index contributed by atoms with van der Waals surface area (Å²) in [4.78, 5) is 11.9. The van der Waals surface area contributed by atoms with Crippen LogP contribution >= 0.6 is 11.6 Å². The number of amides is 1. The van der Waals surface area contributed by atoms with Crippen LogP contribution < -0.4 is 5.32 Å². The van der Waals surface area contributed by atoms with Crippen LogP contribution in [0.5, 0.6) is 0 Å². The Morgan fingerprint density at radius 3 is 2.65 bits per heavy atom. The lowest BCUT2D eigenvalue weighted by Crippen LogP contribution is -2.38. The molecule has 0 unspecified atom stereocenters. The zero-order valence-electron chi connectivity index (χ0n) is 11.0. The summed E-state index contributed by atoms with van der Waals surface area (Å²) in [6.07, 6.45) is 2.17. The van der Waals surface area contributed by atoms with Crippen LogP contribution in [0, 0.1) is 5.92 Å². The van der Waals surface area contributed by atoms with E-state index in [-0.39, 0.29) is 33.4 Å². The second-order valence-corrected chi connectivity index (χ2v) is 7.51. The van der Waals surface area contributed by atoms with Gasteiger partial charge in [-0.3, -0.25) is 4.79 Å². The molecule has 1 aliphatic rings. The van der Waals surface area contributed by atoms with E-state index in [1.54, 1.807) is 0 Å². The van der Waals surface area contributed by atoms with Crippen molar-refractivity contribution >= 4 is 27.3 Å². The normalized spacial score (nSPS) is 22.1. The lowest BCUT2D eigenvalue weighted by atomic mass is 9.82. The third kappa shape index (κ3) is 3.50. The average Bonchev–Trinajstić information content (AvgIpc) is 2.32. The van der Waals surface area contributed by atoms with Gasteiger partial charge < -0.3 is 10.4 Å². The number of nitrogens with one attached hydrogen (secondary N) is 1. The molecule has 0 aliphatic heterocycles. The molecule has 0 bridgehead atoms. The van der Waals surface area contributed by atoms with Gasteiger partial charge in [-0.05, 0) is 37.0 Å². The molecule has 0 radical (unpaired) electrons. The van der Waals surface area contributed by atoms with Crippen molar-refractivity contribution in [1.29, 1.82) is 0 Å². The molecule has 7 heteroatoms. The van der Waals surface area contributed by atoms with Crippen molar-refractivity contribution in [1.82, 2.24) is 5.32 Å². The van der Waals surface area contributed by atoms with Crippen molar-refractivity contribution in [3.63, 3.8) is 0 Å². The van der Waals surface area contributed by atoms with Gasteiger partial charge in [0.05, 0.1) is 16.0 Å². The van der Waals surface area contributed by atoms with Gasteiger partial charge in [-0.15, -0.1) is 0 Å². The standard InChI is InChI=1S/C13H16ClNO4S/c1-20(18,19)12-6-9(2-3-11(12)14)13(17)15-7-8-4-10(16)5-8/h2-3,6,8,10,16H,4-5,7H2,1H3,(H,15,17). The number of sulfone groups is 1. The topological polar surface area (TPSA) is 83.5 Å². The molecule has 1 fully saturated rings. The number of hydrogen-bond acceptors (Lipinski definition) is 4. The first-order chi connectivity index (χ1) is 9.27. The molecule has 2 N–H and O–H groups in total. The third-order valence-corrected chi connectivity index (χ3v) is 4.93. The molecule has 0 atom stereocenters. The molecule has 20 heavy (non-hydrogen) atoms. The molecule has 1 amide bonds. The number of carbonyl (C=O) groups excluding carboxylic acids is 1. The van der Waals surface area contributed by atoms with Gasteiger partial charge in [-0.25, -0.2) is 8.42 Å². The molecule has 1 aromatic carbocycles. The van der Waals surface area contributed by atoms with E-state index in [0.29, 0.717) is 19.4 Å². The Morgan fingerprint density at radius 1 is 1.45 bits per heavy atom. The number of rotatable bonds is 4. The minimum Gasteiger partial charge on any atom is -0.393 e. The van der Waals surface area contributed by atoms with Gasteiger partial charge in [-0.2, -0.15) is 0 Å². The lowest BCUT2D eigenvalue weighted by Gasteiger charge is -2.31. The molecule has 1 saturated carbocycles. The highest BCUT2D eigenvalue weighted by Crippen LogP contribution is 2.26. The van der Waals surface area contributed by atoms with Crippen molar-refractivity contribution < 1.29 is 18.3 Å². The molecule has 0 aromatic heterocycles. The average molecular weight is 318 g/mol. The number of benzene rings is 1. The van der Waals surface area contributed by atoms with E-state index in [2.05, 4.69) is 5.32 Å². The second-order valence-electron chi connectivity index (χ2n) is 5.12. The lowest BCUT2D eigenvalue weighted by molar-refractivity contribution is 0.0420. The summed E-state index contributed by atoms with van der Waals surface area (Å²) in [6.45, 7) is 0.479. The van der Waals surface area contributed by atoms with Crippen molar-refractivity contribution in [3.8, 4) is 0 Å². The summed E-state index contributed by atoms with van der Waals surface area (Å²) >= 11 is 5.82. The fraction of sp³-hybridized carbons (Fsp3) is 0.462. The second kappa shape index (κ2) is 5.71. The highest BCUT2D eigenvalue weighted by molar-refractivity contribution is 7.90. The van der Waals surface area contributed by atoms with Crippen molar-refractivity contribution in [2.45, 2.75) is 23.8 Å². The number of hydrogen-bond donors (Lipinski definition) is 2. The van der Waals surface area contributed by atoms with Crippen molar-refractivity contribution in [3.05, 3.63) is 28.8 Å². The first kappa shape index (κ1) is 15.3. The smallest absolute Gasteiger partial charge is 0.251 e. The molecule has 110 valence electrons. The molecule has 1 aromatic rings. The number of halogens is 1. The number of aliphatic hydroxyl groups excluding tert-OH is 1. The predicted octanol–water partition coefficient (Wildman–Crippen LogP) is 1.24. The van der Waals surface area contributed by atoms with Gasteiger partial charge in [0.1, 0.15) is 0 Å². The summed E-state index contributed by atoms with van der Waals surface area (Å²) in [5.74, 6) is -0.0522. The van der Waals surface area contributed by atoms with Crippen LogP contribution in [0.2, 0.25) is 5.02 Å². The van der Waals surface area contributed by atoms with E-state index >= 15 is 0 Å². The zero-order chi connectivity index (χ0) is 14.9. The molecule has 5 nitrogen and oxygen atoms in total. The highest BCUT2D eigenvalue weighted by atomic mass is 35.5. The molecule has 0 heterocycles. The van der Waals surface area contributed by atoms with Gasteiger partial charge in [0.25, 0.3) is 5.91 Å². The van der Waals surface area contributed by atoms with Crippen molar-refractivity contribution in [2.24, 2.45) is 5.92 Å². The van der Waals surface area contributed by atoms with Gasteiger partial charge in [0.15, 0.2) is 9.84 Å². The summed E-state index contributed by atoms with van der Waals surface area (Å²) in [6, 6.07) is 4.17. The summed E-state index contributed by atoms with van der Waals surface area (Å²) < 4.78 is 23.1. The molecular weight excluding hydrogens is 302 g/mol. The first-order valence-corrected chi connectivity index (χ1v) is 8.50. The maximum absolute atomic E-state index is 11.9. The van der Waals surface area contributed by atoms with E-state index in [4.69, 9.17) is 16.7 Å². The molecular formula is C13H16ClNO4S. The largest absolute Gasteiger partial charge is 0.393 e. The Labute approximate surface area is 122 Å². The van der Waals surface area contributed by atoms with Gasteiger partial charge in [0, 0.05) is 18.4 Å². The Bertz CT molecular complexity index is 623. The maximum atomic E-state index is 11.9. The summed E-state index contributed by atoms with van der Waals surface area (Å²) in [5, 5.41) is 12.0. The summed E-state index contributed by atoms with van der Waals surface area (Å²) in [7, 11) is -3.47.